The summed E-state index contributed by atoms with van der Waals surface area (Å²) in [6.07, 6.45) is 0. The Hall–Kier alpha value is -3.67. The molecule has 0 fully saturated rings. The first-order valence-electron chi connectivity index (χ1n) is 14.9. The number of anilines is 2. The van der Waals surface area contributed by atoms with Crippen LogP contribution in [0.25, 0.3) is 0 Å². The zero-order valence-corrected chi connectivity index (χ0v) is 32.3. The van der Waals surface area contributed by atoms with Gasteiger partial charge in [-0.05, 0) is 52.0 Å². The molecule has 12 nitrogen and oxygen atoms in total. The van der Waals surface area contributed by atoms with Crippen molar-refractivity contribution >= 4 is 66.1 Å². The SMILES string of the molecule is CC(C)(C)c1cc(NC(=O)C(C)(C)S(=O)(=O)c2ccc(Cl)s2)no1.CC(C)(C)c1cc(NC(=O)C(C)(C)S(=O)(=O)c2ccc(F)cc2F)no1. The van der Waals surface area contributed by atoms with Crippen molar-refractivity contribution in [1.82, 2.24) is 10.3 Å². The molecule has 2 amide bonds. The first-order valence-corrected chi connectivity index (χ1v) is 19.1. The second kappa shape index (κ2) is 14.2. The maximum absolute atomic E-state index is 13.9. The second-order valence-corrected chi connectivity index (χ2v) is 21.1. The summed E-state index contributed by atoms with van der Waals surface area (Å²) in [6, 6.07) is 8.02. The van der Waals surface area contributed by atoms with E-state index >= 15 is 0 Å². The van der Waals surface area contributed by atoms with E-state index < -0.39 is 57.5 Å². The Morgan fingerprint density at radius 2 is 1.14 bits per heavy atom. The van der Waals surface area contributed by atoms with E-state index in [1.807, 2.05) is 41.5 Å². The van der Waals surface area contributed by atoms with Gasteiger partial charge in [0.2, 0.25) is 21.7 Å². The molecule has 3 aromatic heterocycles. The molecule has 0 radical (unpaired) electrons. The third-order valence-corrected chi connectivity index (χ3v) is 14.0. The molecule has 274 valence electrons. The van der Waals surface area contributed by atoms with Crippen LogP contribution in [0.2, 0.25) is 4.34 Å². The number of nitrogens with zero attached hydrogens (tertiary/aromatic N) is 2. The van der Waals surface area contributed by atoms with Crippen molar-refractivity contribution in [3.05, 3.63) is 70.0 Å². The Bertz CT molecular complexity index is 2110. The number of halogens is 3. The molecule has 4 aromatic rings. The zero-order chi connectivity index (χ0) is 38.3. The lowest BCUT2D eigenvalue weighted by molar-refractivity contribution is -0.118. The van der Waals surface area contributed by atoms with Gasteiger partial charge < -0.3 is 19.7 Å². The minimum absolute atomic E-state index is 0.0442. The molecular formula is C32H39ClF2N4O8S3. The predicted octanol–water partition coefficient (Wildman–Crippen LogP) is 7.32. The fourth-order valence-electron chi connectivity index (χ4n) is 3.81. The standard InChI is InChI=1S/C17H20F2N2O4S.C15H19ClN2O4S2/c1-16(2,3)13-9-14(21-25-13)20-15(22)17(4,5)26(23,24)12-7-6-10(18)8-11(12)19;1-14(2,3)9-8-11(18-22-9)17-13(19)15(4,5)24(20,21)12-7-6-10(16)23-12/h6-9H,1-5H3,(H,20,21,22);6-8H,1-5H3,(H,17,18,19). The fraction of sp³-hybridized carbons (Fsp3) is 0.438. The van der Waals surface area contributed by atoms with Crippen molar-refractivity contribution in [2.45, 2.75) is 98.7 Å². The maximum Gasteiger partial charge on any atom is 0.246 e. The number of nitrogens with one attached hydrogen (secondary N) is 2. The number of carbonyl (C=O) groups excluding carboxylic acids is 2. The van der Waals surface area contributed by atoms with Crippen molar-refractivity contribution in [2.24, 2.45) is 0 Å². The Morgan fingerprint density at radius 1 is 0.700 bits per heavy atom. The van der Waals surface area contributed by atoms with Gasteiger partial charge in [-0.25, -0.2) is 25.6 Å². The molecule has 0 aliphatic rings. The highest BCUT2D eigenvalue weighted by Gasteiger charge is 2.45. The minimum Gasteiger partial charge on any atom is -0.359 e. The van der Waals surface area contributed by atoms with Crippen LogP contribution >= 0.6 is 22.9 Å². The summed E-state index contributed by atoms with van der Waals surface area (Å²) < 4.78 is 84.8. The second-order valence-electron chi connectivity index (χ2n) is 14.2. The van der Waals surface area contributed by atoms with E-state index in [9.17, 15) is 35.2 Å². The van der Waals surface area contributed by atoms with Gasteiger partial charge in [-0.1, -0.05) is 63.5 Å². The van der Waals surface area contributed by atoms with Crippen molar-refractivity contribution in [2.75, 3.05) is 10.6 Å². The third kappa shape index (κ3) is 8.61. The van der Waals surface area contributed by atoms with Crippen LogP contribution < -0.4 is 10.6 Å². The van der Waals surface area contributed by atoms with Crippen molar-refractivity contribution in [3.8, 4) is 0 Å². The largest absolute Gasteiger partial charge is 0.359 e. The molecule has 0 atom stereocenters. The molecule has 0 saturated carbocycles. The number of hydrogen-bond acceptors (Lipinski definition) is 11. The number of carbonyl (C=O) groups is 2. The van der Waals surface area contributed by atoms with Crippen molar-refractivity contribution < 1.29 is 44.3 Å². The summed E-state index contributed by atoms with van der Waals surface area (Å²) in [5, 5.41) is 12.3. The Kier molecular flexibility index (Phi) is 11.5. The van der Waals surface area contributed by atoms with Crippen LogP contribution in [0.5, 0.6) is 0 Å². The highest BCUT2D eigenvalue weighted by Crippen LogP contribution is 2.34. The van der Waals surface area contributed by atoms with Crippen LogP contribution in [0.15, 0.2) is 60.6 Å². The summed E-state index contributed by atoms with van der Waals surface area (Å²) in [5.41, 5.74) is -0.625. The fourth-order valence-corrected chi connectivity index (χ4v) is 8.51. The lowest BCUT2D eigenvalue weighted by Crippen LogP contribution is -2.44. The zero-order valence-electron chi connectivity index (χ0n) is 29.1. The monoisotopic (exact) mass is 776 g/mol. The Labute approximate surface area is 298 Å². The first-order chi connectivity index (χ1) is 22.6. The number of sulfone groups is 2. The van der Waals surface area contributed by atoms with E-state index in [0.717, 1.165) is 37.3 Å². The summed E-state index contributed by atoms with van der Waals surface area (Å²) in [6.45, 7) is 16.4. The normalized spacial score (nSPS) is 13.0. The van der Waals surface area contributed by atoms with Crippen LogP contribution in [0.1, 0.15) is 80.8 Å². The summed E-state index contributed by atoms with van der Waals surface area (Å²) in [7, 11) is -8.33. The topological polar surface area (TPSA) is 179 Å². The molecule has 18 heteroatoms. The van der Waals surface area contributed by atoms with Gasteiger partial charge in [-0.3, -0.25) is 9.59 Å². The minimum atomic E-state index is -4.44. The van der Waals surface area contributed by atoms with E-state index in [2.05, 4.69) is 20.9 Å². The van der Waals surface area contributed by atoms with Gasteiger partial charge in [0, 0.05) is 29.0 Å². The molecule has 0 unspecified atom stereocenters. The molecule has 2 N–H and O–H groups in total. The molecule has 0 aliphatic heterocycles. The molecule has 3 heterocycles. The van der Waals surface area contributed by atoms with Gasteiger partial charge in [-0.15, -0.1) is 11.3 Å². The van der Waals surface area contributed by atoms with Crippen LogP contribution in [0, 0.1) is 11.6 Å². The summed E-state index contributed by atoms with van der Waals surface area (Å²) >= 11 is 6.72. The van der Waals surface area contributed by atoms with Crippen molar-refractivity contribution in [1.29, 1.82) is 0 Å². The highest BCUT2D eigenvalue weighted by molar-refractivity contribution is 7.95. The van der Waals surface area contributed by atoms with E-state index in [1.165, 1.54) is 32.0 Å². The highest BCUT2D eigenvalue weighted by atomic mass is 35.5. The molecule has 0 aliphatic carbocycles. The predicted molar refractivity (Wildman–Crippen MR) is 186 cm³/mol. The number of benzene rings is 1. The first kappa shape index (κ1) is 40.8. The van der Waals surface area contributed by atoms with Gasteiger partial charge in [0.25, 0.3) is 0 Å². The summed E-state index contributed by atoms with van der Waals surface area (Å²) in [4.78, 5) is 24.3. The number of amides is 2. The van der Waals surface area contributed by atoms with Crippen molar-refractivity contribution in [3.63, 3.8) is 0 Å². The van der Waals surface area contributed by atoms with Crippen LogP contribution in [0.4, 0.5) is 20.4 Å². The molecule has 0 saturated heterocycles. The van der Waals surface area contributed by atoms with Crippen LogP contribution in [-0.2, 0) is 40.1 Å². The molecule has 0 bridgehead atoms. The smallest absolute Gasteiger partial charge is 0.246 e. The number of hydrogen-bond donors (Lipinski definition) is 2. The quantitative estimate of drug-likeness (QED) is 0.172. The number of aromatic nitrogens is 2. The average Bonchev–Trinajstić information content (AvgIpc) is 3.74. The van der Waals surface area contributed by atoms with E-state index in [1.54, 1.807) is 6.07 Å². The van der Waals surface area contributed by atoms with Gasteiger partial charge >= 0.3 is 0 Å². The molecular weight excluding hydrogens is 738 g/mol. The Balaban J connectivity index is 0.000000271. The van der Waals surface area contributed by atoms with Gasteiger partial charge in [0.15, 0.2) is 26.2 Å². The van der Waals surface area contributed by atoms with E-state index in [0.29, 0.717) is 21.9 Å². The van der Waals surface area contributed by atoms with E-state index in [4.69, 9.17) is 20.6 Å². The van der Waals surface area contributed by atoms with Gasteiger partial charge in [0.05, 0.1) is 4.34 Å². The van der Waals surface area contributed by atoms with Crippen LogP contribution in [-0.4, -0.2) is 48.5 Å². The lowest BCUT2D eigenvalue weighted by Gasteiger charge is -2.23. The average molecular weight is 777 g/mol. The number of thiophene rings is 1. The maximum atomic E-state index is 13.9. The lowest BCUT2D eigenvalue weighted by atomic mass is 9.93. The number of rotatable bonds is 8. The van der Waals surface area contributed by atoms with Crippen LogP contribution in [0.3, 0.4) is 0 Å². The molecule has 4 rings (SSSR count). The van der Waals surface area contributed by atoms with E-state index in [-0.39, 0.29) is 26.7 Å². The molecule has 50 heavy (non-hydrogen) atoms. The molecule has 0 spiro atoms. The summed E-state index contributed by atoms with van der Waals surface area (Å²) in [5.74, 6) is -2.49. The van der Waals surface area contributed by atoms with Gasteiger partial charge in [-0.2, -0.15) is 0 Å². The third-order valence-electron chi connectivity index (χ3n) is 7.42. The molecule has 1 aromatic carbocycles. The van der Waals surface area contributed by atoms with Gasteiger partial charge in [0.1, 0.15) is 37.0 Å². The Morgan fingerprint density at radius 3 is 1.50 bits per heavy atom.